The summed E-state index contributed by atoms with van der Waals surface area (Å²) in [6.07, 6.45) is 5.61. The number of benzene rings is 2. The second kappa shape index (κ2) is 11.9. The van der Waals surface area contributed by atoms with Crippen LogP contribution in [0.4, 0.5) is 5.69 Å². The maximum Gasteiger partial charge on any atom is 0.253 e. The number of halogens is 2. The van der Waals surface area contributed by atoms with Crippen LogP contribution in [0.25, 0.3) is 0 Å². The van der Waals surface area contributed by atoms with Crippen LogP contribution < -0.4 is 15.5 Å². The molecule has 3 saturated heterocycles. The molecule has 3 fully saturated rings. The molecule has 3 heterocycles. The van der Waals surface area contributed by atoms with Crippen LogP contribution in [0.2, 0.25) is 10.0 Å². The molecule has 0 saturated carbocycles. The predicted molar refractivity (Wildman–Crippen MR) is 151 cm³/mol. The number of para-hydroxylation sites is 1. The molecule has 204 valence electrons. The average Bonchev–Trinajstić information content (AvgIpc) is 2.96. The van der Waals surface area contributed by atoms with E-state index in [1.165, 1.54) is 6.42 Å². The van der Waals surface area contributed by atoms with Crippen molar-refractivity contribution in [1.82, 2.24) is 15.5 Å². The topological polar surface area (TPSA) is 73.9 Å². The Morgan fingerprint density at radius 1 is 1.00 bits per heavy atom. The number of piperidine rings is 2. The molecule has 2 N–H and O–H groups in total. The van der Waals surface area contributed by atoms with Gasteiger partial charge < -0.3 is 20.3 Å². The third kappa shape index (κ3) is 5.58. The van der Waals surface area contributed by atoms with Crippen molar-refractivity contribution in [2.24, 2.45) is 0 Å². The van der Waals surface area contributed by atoms with Crippen molar-refractivity contribution in [3.63, 3.8) is 0 Å². The molecule has 9 heteroatoms. The van der Waals surface area contributed by atoms with E-state index in [-0.39, 0.29) is 18.4 Å². The van der Waals surface area contributed by atoms with Gasteiger partial charge in [0.2, 0.25) is 5.91 Å². The van der Waals surface area contributed by atoms with Crippen LogP contribution in [-0.4, -0.2) is 68.1 Å². The Hall–Kier alpha value is -2.16. The third-order valence-electron chi connectivity index (χ3n) is 8.33. The summed E-state index contributed by atoms with van der Waals surface area (Å²) >= 11 is 12.6. The molecule has 0 radical (unpaired) electrons. The van der Waals surface area contributed by atoms with E-state index in [2.05, 4.69) is 15.5 Å². The molecule has 3 aliphatic heterocycles. The Labute approximate surface area is 234 Å². The van der Waals surface area contributed by atoms with E-state index in [1.54, 1.807) is 11.0 Å². The number of carbonyl (C=O) groups excluding carboxylic acids is 2. The fourth-order valence-corrected chi connectivity index (χ4v) is 6.45. The number of amides is 2. The molecule has 7 nitrogen and oxygen atoms in total. The first-order valence-corrected chi connectivity index (χ1v) is 14.4. The second-order valence-corrected chi connectivity index (χ2v) is 11.4. The van der Waals surface area contributed by atoms with Crippen molar-refractivity contribution in [2.75, 3.05) is 50.8 Å². The number of ether oxygens (including phenoxy) is 1. The highest BCUT2D eigenvalue weighted by atomic mass is 35.5. The number of nitrogens with zero attached hydrogens (tertiary/aromatic N) is 2. The first kappa shape index (κ1) is 27.4. The summed E-state index contributed by atoms with van der Waals surface area (Å²) in [5.74, 6) is -0.00771. The molecule has 2 aromatic carbocycles. The highest BCUT2D eigenvalue weighted by Gasteiger charge is 2.46. The van der Waals surface area contributed by atoms with Crippen LogP contribution in [0.3, 0.4) is 0 Å². The third-order valence-corrected chi connectivity index (χ3v) is 9.07. The fraction of sp³-hybridized carbons (Fsp3) is 0.517. The maximum absolute atomic E-state index is 13.8. The Balaban J connectivity index is 1.38. The molecule has 0 aliphatic carbocycles. The lowest BCUT2D eigenvalue weighted by atomic mass is 9.83. The smallest absolute Gasteiger partial charge is 0.253 e. The van der Waals surface area contributed by atoms with Crippen LogP contribution in [-0.2, 0) is 19.9 Å². The molecule has 0 aromatic heterocycles. The summed E-state index contributed by atoms with van der Waals surface area (Å²) in [7, 11) is 0. The number of carbonyl (C=O) groups is 2. The van der Waals surface area contributed by atoms with Gasteiger partial charge >= 0.3 is 0 Å². The lowest BCUT2D eigenvalue weighted by Gasteiger charge is -2.47. The van der Waals surface area contributed by atoms with E-state index < -0.39 is 11.1 Å². The summed E-state index contributed by atoms with van der Waals surface area (Å²) in [5.41, 5.74) is 0.328. The van der Waals surface area contributed by atoms with Crippen LogP contribution in [0, 0.1) is 0 Å². The molecule has 3 aliphatic rings. The molecule has 1 atom stereocenters. The normalized spacial score (nSPS) is 24.3. The summed E-state index contributed by atoms with van der Waals surface area (Å²) < 4.78 is 6.31. The molecular weight excluding hydrogens is 523 g/mol. The highest BCUT2D eigenvalue weighted by molar-refractivity contribution is 6.42. The monoisotopic (exact) mass is 558 g/mol. The summed E-state index contributed by atoms with van der Waals surface area (Å²) in [5, 5.41) is 7.58. The Bertz CT molecular complexity index is 1140. The van der Waals surface area contributed by atoms with Crippen molar-refractivity contribution in [2.45, 2.75) is 49.7 Å². The number of likely N-dealkylation sites (tertiary alicyclic amines) is 1. The highest BCUT2D eigenvalue weighted by Crippen LogP contribution is 2.38. The molecule has 2 aromatic rings. The molecule has 0 spiro atoms. The standard InChI is InChI=1S/C29H36Cl2N4O3/c30-24-10-9-22(19-25(24)31)29(21-35(26(36)20-38-29)23-7-3-1-4-8-23)13-16-33-27(37)28(11-14-32-15-12-28)34-17-5-2-6-18-34/h1,3-4,7-10,19,32H,2,5-6,11-18,20-21H2,(H,33,37)/t29-/m0/s1. The van der Waals surface area contributed by atoms with Gasteiger partial charge in [-0.25, -0.2) is 0 Å². The van der Waals surface area contributed by atoms with Crippen LogP contribution >= 0.6 is 23.2 Å². The van der Waals surface area contributed by atoms with Gasteiger partial charge in [-0.1, -0.05) is 53.9 Å². The minimum absolute atomic E-state index is 0.0630. The van der Waals surface area contributed by atoms with Gasteiger partial charge in [0.15, 0.2) is 0 Å². The lowest BCUT2D eigenvalue weighted by Crippen LogP contribution is -2.64. The quantitative estimate of drug-likeness (QED) is 0.528. The van der Waals surface area contributed by atoms with Gasteiger partial charge in [-0.3, -0.25) is 14.5 Å². The van der Waals surface area contributed by atoms with E-state index in [0.29, 0.717) is 29.6 Å². The van der Waals surface area contributed by atoms with Gasteiger partial charge in [0, 0.05) is 12.2 Å². The van der Waals surface area contributed by atoms with Gasteiger partial charge in [0.25, 0.3) is 5.91 Å². The minimum Gasteiger partial charge on any atom is -0.359 e. The zero-order valence-electron chi connectivity index (χ0n) is 21.7. The Morgan fingerprint density at radius 3 is 2.45 bits per heavy atom. The second-order valence-electron chi connectivity index (χ2n) is 10.6. The Kier molecular flexibility index (Phi) is 8.60. The fourth-order valence-electron chi connectivity index (χ4n) is 6.15. The van der Waals surface area contributed by atoms with E-state index in [0.717, 1.165) is 63.1 Å². The average molecular weight is 560 g/mol. The summed E-state index contributed by atoms with van der Waals surface area (Å²) in [6, 6.07) is 15.1. The van der Waals surface area contributed by atoms with E-state index in [9.17, 15) is 9.59 Å². The molecule has 0 unspecified atom stereocenters. The van der Waals surface area contributed by atoms with Crippen LogP contribution in [0.5, 0.6) is 0 Å². The van der Waals surface area contributed by atoms with Crippen LogP contribution in [0.15, 0.2) is 48.5 Å². The SMILES string of the molecule is O=C1CO[C@](CCNC(=O)C2(N3CCCCC3)CCNCC2)(c2ccc(Cl)c(Cl)c2)CN1c1ccccc1. The number of anilines is 1. The molecule has 5 rings (SSSR count). The van der Waals surface area contributed by atoms with E-state index >= 15 is 0 Å². The van der Waals surface area contributed by atoms with E-state index in [1.807, 2.05) is 42.5 Å². The predicted octanol–water partition coefficient (Wildman–Crippen LogP) is 4.37. The number of morpholine rings is 1. The van der Waals surface area contributed by atoms with Crippen LogP contribution in [0.1, 0.15) is 44.1 Å². The zero-order valence-corrected chi connectivity index (χ0v) is 23.2. The number of nitrogens with one attached hydrogen (secondary N) is 2. The first-order chi connectivity index (χ1) is 18.4. The molecule has 0 bridgehead atoms. The van der Waals surface area contributed by atoms with E-state index in [4.69, 9.17) is 27.9 Å². The summed E-state index contributed by atoms with van der Waals surface area (Å²) in [4.78, 5) is 30.9. The Morgan fingerprint density at radius 2 is 1.74 bits per heavy atom. The molecule has 2 amide bonds. The molecular formula is C29H36Cl2N4O3. The van der Waals surface area contributed by atoms with Gasteiger partial charge in [-0.05, 0) is 88.1 Å². The maximum atomic E-state index is 13.8. The van der Waals surface area contributed by atoms with Gasteiger partial charge in [-0.15, -0.1) is 0 Å². The van der Waals surface area contributed by atoms with Gasteiger partial charge in [0.1, 0.15) is 17.7 Å². The molecule has 38 heavy (non-hydrogen) atoms. The van der Waals surface area contributed by atoms with Gasteiger partial charge in [0.05, 0.1) is 16.6 Å². The van der Waals surface area contributed by atoms with Crippen molar-refractivity contribution >= 4 is 40.7 Å². The van der Waals surface area contributed by atoms with Crippen molar-refractivity contribution in [1.29, 1.82) is 0 Å². The number of hydrogen-bond acceptors (Lipinski definition) is 5. The number of hydrogen-bond donors (Lipinski definition) is 2. The number of rotatable bonds is 7. The van der Waals surface area contributed by atoms with Gasteiger partial charge in [-0.2, -0.15) is 0 Å². The van der Waals surface area contributed by atoms with Crippen molar-refractivity contribution < 1.29 is 14.3 Å². The largest absolute Gasteiger partial charge is 0.359 e. The first-order valence-electron chi connectivity index (χ1n) is 13.6. The van der Waals surface area contributed by atoms with Crippen molar-refractivity contribution in [3.8, 4) is 0 Å². The summed E-state index contributed by atoms with van der Waals surface area (Å²) in [6.45, 7) is 4.29. The lowest BCUT2D eigenvalue weighted by molar-refractivity contribution is -0.142. The van der Waals surface area contributed by atoms with Crippen molar-refractivity contribution in [3.05, 3.63) is 64.1 Å². The zero-order chi connectivity index (χ0) is 26.6. The minimum atomic E-state index is -0.850.